The van der Waals surface area contributed by atoms with Crippen molar-refractivity contribution in [1.82, 2.24) is 15.3 Å². The van der Waals surface area contributed by atoms with E-state index < -0.39 is 0 Å². The number of amides is 1. The average Bonchev–Trinajstić information content (AvgIpc) is 3.33. The van der Waals surface area contributed by atoms with E-state index in [0.29, 0.717) is 35.4 Å². The molecule has 0 fully saturated rings. The van der Waals surface area contributed by atoms with Crippen LogP contribution in [0, 0.1) is 0 Å². The SMILES string of the molecule is COc1cc(-c2nc(C(=O)NCc3ccncc3)cs2)ccc1OCc1ccccc1Cl. The van der Waals surface area contributed by atoms with Crippen LogP contribution in [0.25, 0.3) is 10.6 Å². The number of nitrogens with zero attached hydrogens (tertiary/aromatic N) is 2. The molecule has 2 heterocycles. The number of carbonyl (C=O) groups excluding carboxylic acids is 1. The van der Waals surface area contributed by atoms with Crippen LogP contribution in [0.1, 0.15) is 21.6 Å². The highest BCUT2D eigenvalue weighted by Crippen LogP contribution is 2.34. The van der Waals surface area contributed by atoms with Crippen molar-refractivity contribution < 1.29 is 14.3 Å². The van der Waals surface area contributed by atoms with Crippen LogP contribution in [0.2, 0.25) is 5.02 Å². The van der Waals surface area contributed by atoms with Crippen molar-refractivity contribution in [2.45, 2.75) is 13.2 Å². The second kappa shape index (κ2) is 10.3. The summed E-state index contributed by atoms with van der Waals surface area (Å²) in [5, 5.41) is 5.98. The first-order valence-corrected chi connectivity index (χ1v) is 11.1. The summed E-state index contributed by atoms with van der Waals surface area (Å²) in [5.41, 5.74) is 3.07. The van der Waals surface area contributed by atoms with E-state index in [-0.39, 0.29) is 5.91 Å². The molecule has 4 aromatic rings. The van der Waals surface area contributed by atoms with Gasteiger partial charge in [-0.25, -0.2) is 4.98 Å². The molecule has 0 spiro atoms. The molecule has 0 saturated carbocycles. The first-order chi connectivity index (χ1) is 15.6. The number of nitrogens with one attached hydrogen (secondary N) is 1. The molecular formula is C24H20ClN3O3S. The molecule has 1 N–H and O–H groups in total. The standard InChI is InChI=1S/C24H20ClN3O3S/c1-30-22-12-17(6-7-21(22)31-14-18-4-2-3-5-19(18)25)24-28-20(15-32-24)23(29)27-13-16-8-10-26-11-9-16/h2-12,15H,13-14H2,1H3,(H,27,29). The van der Waals surface area contributed by atoms with Crippen LogP contribution in [-0.2, 0) is 13.2 Å². The van der Waals surface area contributed by atoms with Crippen molar-refractivity contribution >= 4 is 28.8 Å². The van der Waals surface area contributed by atoms with Gasteiger partial charge < -0.3 is 14.8 Å². The van der Waals surface area contributed by atoms with Crippen LogP contribution in [0.3, 0.4) is 0 Å². The summed E-state index contributed by atoms with van der Waals surface area (Å²) in [6.07, 6.45) is 3.38. The molecule has 1 amide bonds. The number of pyridine rings is 1. The molecule has 0 unspecified atom stereocenters. The molecule has 0 saturated heterocycles. The van der Waals surface area contributed by atoms with E-state index in [4.69, 9.17) is 21.1 Å². The first kappa shape index (κ1) is 21.8. The number of benzene rings is 2. The molecule has 8 heteroatoms. The summed E-state index contributed by atoms with van der Waals surface area (Å²) >= 11 is 7.60. The maximum atomic E-state index is 12.4. The number of methoxy groups -OCH3 is 1. The van der Waals surface area contributed by atoms with Crippen LogP contribution >= 0.6 is 22.9 Å². The Morgan fingerprint density at radius 3 is 2.69 bits per heavy atom. The van der Waals surface area contributed by atoms with E-state index in [1.54, 1.807) is 24.9 Å². The third-order valence-electron chi connectivity index (χ3n) is 4.69. The van der Waals surface area contributed by atoms with E-state index in [9.17, 15) is 4.79 Å². The van der Waals surface area contributed by atoms with Gasteiger partial charge in [0.1, 0.15) is 17.3 Å². The first-order valence-electron chi connectivity index (χ1n) is 9.81. The minimum Gasteiger partial charge on any atom is -0.493 e. The molecule has 0 aliphatic rings. The third kappa shape index (κ3) is 5.25. The highest BCUT2D eigenvalue weighted by molar-refractivity contribution is 7.13. The van der Waals surface area contributed by atoms with Crippen LogP contribution in [-0.4, -0.2) is 23.0 Å². The minimum atomic E-state index is -0.226. The van der Waals surface area contributed by atoms with Crippen molar-refractivity contribution in [2.24, 2.45) is 0 Å². The summed E-state index contributed by atoms with van der Waals surface area (Å²) in [5.74, 6) is 0.951. The smallest absolute Gasteiger partial charge is 0.271 e. The van der Waals surface area contributed by atoms with Gasteiger partial charge in [0.2, 0.25) is 0 Å². The normalized spacial score (nSPS) is 10.6. The zero-order chi connectivity index (χ0) is 22.3. The molecule has 0 radical (unpaired) electrons. The molecule has 0 bridgehead atoms. The fourth-order valence-electron chi connectivity index (χ4n) is 2.97. The van der Waals surface area contributed by atoms with Gasteiger partial charge in [-0.05, 0) is 42.0 Å². The molecule has 2 aromatic heterocycles. The Morgan fingerprint density at radius 2 is 1.91 bits per heavy atom. The number of thiazole rings is 1. The molecule has 0 aliphatic heterocycles. The van der Waals surface area contributed by atoms with Crippen molar-refractivity contribution in [1.29, 1.82) is 0 Å². The Labute approximate surface area is 194 Å². The van der Waals surface area contributed by atoms with Crippen molar-refractivity contribution in [3.8, 4) is 22.1 Å². The Morgan fingerprint density at radius 1 is 1.09 bits per heavy atom. The Bertz CT molecular complexity index is 1210. The van der Waals surface area contributed by atoms with E-state index in [1.807, 2.05) is 54.6 Å². The highest BCUT2D eigenvalue weighted by atomic mass is 35.5. The van der Waals surface area contributed by atoms with E-state index in [2.05, 4.69) is 15.3 Å². The number of rotatable bonds is 8. The molecule has 32 heavy (non-hydrogen) atoms. The van der Waals surface area contributed by atoms with Crippen molar-refractivity contribution in [3.63, 3.8) is 0 Å². The number of ether oxygens (including phenoxy) is 2. The monoisotopic (exact) mass is 465 g/mol. The molecule has 2 aromatic carbocycles. The van der Waals surface area contributed by atoms with Crippen LogP contribution in [0.15, 0.2) is 72.4 Å². The molecule has 6 nitrogen and oxygen atoms in total. The second-order valence-corrected chi connectivity index (χ2v) is 8.09. The fraction of sp³-hybridized carbons (Fsp3) is 0.125. The molecule has 0 atom stereocenters. The summed E-state index contributed by atoms with van der Waals surface area (Å²) in [6, 6.07) is 16.8. The van der Waals surface area contributed by atoms with Gasteiger partial charge in [-0.2, -0.15) is 0 Å². The molecule has 4 rings (SSSR count). The average molecular weight is 466 g/mol. The maximum Gasteiger partial charge on any atom is 0.271 e. The summed E-state index contributed by atoms with van der Waals surface area (Å²) in [6.45, 7) is 0.744. The number of hydrogen-bond acceptors (Lipinski definition) is 6. The third-order valence-corrected chi connectivity index (χ3v) is 5.95. The molecule has 162 valence electrons. The predicted molar refractivity (Wildman–Crippen MR) is 125 cm³/mol. The van der Waals surface area contributed by atoms with E-state index in [0.717, 1.165) is 21.7 Å². The van der Waals surface area contributed by atoms with Crippen molar-refractivity contribution in [3.05, 3.63) is 94.2 Å². The van der Waals surface area contributed by atoms with E-state index in [1.165, 1.54) is 11.3 Å². The summed E-state index contributed by atoms with van der Waals surface area (Å²) in [4.78, 5) is 20.9. The van der Waals surface area contributed by atoms with E-state index >= 15 is 0 Å². The lowest BCUT2D eigenvalue weighted by Gasteiger charge is -2.12. The van der Waals surface area contributed by atoms with Crippen LogP contribution in [0.5, 0.6) is 11.5 Å². The molecule has 0 aliphatic carbocycles. The maximum absolute atomic E-state index is 12.4. The van der Waals surface area contributed by atoms with Crippen LogP contribution < -0.4 is 14.8 Å². The fourth-order valence-corrected chi connectivity index (χ4v) is 3.96. The summed E-state index contributed by atoms with van der Waals surface area (Å²) < 4.78 is 11.4. The largest absolute Gasteiger partial charge is 0.493 e. The molecular weight excluding hydrogens is 446 g/mol. The van der Waals surface area contributed by atoms with Gasteiger partial charge in [0.05, 0.1) is 7.11 Å². The Kier molecular flexibility index (Phi) is 6.99. The predicted octanol–water partition coefficient (Wildman–Crippen LogP) is 5.38. The van der Waals surface area contributed by atoms with Gasteiger partial charge in [-0.3, -0.25) is 9.78 Å². The Hall–Kier alpha value is -3.42. The zero-order valence-electron chi connectivity index (χ0n) is 17.2. The van der Waals surface area contributed by atoms with Gasteiger partial charge >= 0.3 is 0 Å². The number of aromatic nitrogens is 2. The summed E-state index contributed by atoms with van der Waals surface area (Å²) in [7, 11) is 1.58. The van der Waals surface area contributed by atoms with Crippen molar-refractivity contribution in [2.75, 3.05) is 7.11 Å². The number of hydrogen-bond donors (Lipinski definition) is 1. The van der Waals surface area contributed by atoms with Gasteiger partial charge in [-0.1, -0.05) is 29.8 Å². The number of carbonyl (C=O) groups is 1. The lowest BCUT2D eigenvalue weighted by atomic mass is 10.2. The van der Waals surface area contributed by atoms with Gasteiger partial charge in [0, 0.05) is 40.5 Å². The zero-order valence-corrected chi connectivity index (χ0v) is 18.8. The quantitative estimate of drug-likeness (QED) is 0.378. The minimum absolute atomic E-state index is 0.226. The number of halogens is 1. The van der Waals surface area contributed by atoms with Gasteiger partial charge in [0.15, 0.2) is 11.5 Å². The van der Waals surface area contributed by atoms with Gasteiger partial charge in [0.25, 0.3) is 5.91 Å². The second-order valence-electron chi connectivity index (χ2n) is 6.82. The lowest BCUT2D eigenvalue weighted by molar-refractivity contribution is 0.0946. The van der Waals surface area contributed by atoms with Gasteiger partial charge in [-0.15, -0.1) is 11.3 Å². The highest BCUT2D eigenvalue weighted by Gasteiger charge is 2.14. The topological polar surface area (TPSA) is 73.3 Å². The Balaban J connectivity index is 1.44. The lowest BCUT2D eigenvalue weighted by Crippen LogP contribution is -2.23. The van der Waals surface area contributed by atoms with Crippen LogP contribution in [0.4, 0.5) is 0 Å².